The number of hydrogen-bond acceptors (Lipinski definition) is 6. The second-order valence-electron chi connectivity index (χ2n) is 10.1. The topological polar surface area (TPSA) is 94.8 Å². The van der Waals surface area contributed by atoms with Crippen LogP contribution in [0.4, 0.5) is 4.39 Å². The van der Waals surface area contributed by atoms with Gasteiger partial charge in [-0.25, -0.2) is 4.39 Å². The maximum Gasteiger partial charge on any atom is 0.224 e. The maximum absolute atomic E-state index is 14.2. The van der Waals surface area contributed by atoms with Crippen LogP contribution in [0.2, 0.25) is 0 Å². The number of hydrogen-bond donors (Lipinski definition) is 2. The molecule has 1 aliphatic rings. The Morgan fingerprint density at radius 2 is 1.63 bits per heavy atom. The van der Waals surface area contributed by atoms with Crippen LogP contribution in [0.3, 0.4) is 0 Å². The molecule has 7 nitrogen and oxygen atoms in total. The van der Waals surface area contributed by atoms with E-state index in [0.717, 1.165) is 33.4 Å². The summed E-state index contributed by atoms with van der Waals surface area (Å²) in [4.78, 5) is 17.2. The molecule has 2 N–H and O–H groups in total. The van der Waals surface area contributed by atoms with Gasteiger partial charge in [-0.05, 0) is 94.8 Å². The minimum absolute atomic E-state index is 0. The van der Waals surface area contributed by atoms with E-state index < -0.39 is 0 Å². The number of carbonyl (C=O) groups is 1. The number of pyridine rings is 1. The van der Waals surface area contributed by atoms with Crippen molar-refractivity contribution in [1.29, 1.82) is 0 Å². The van der Waals surface area contributed by atoms with Crippen LogP contribution in [0.15, 0.2) is 95.7 Å². The Kier molecular flexibility index (Phi) is 16.9. The molecule has 0 unspecified atom stereocenters. The minimum Gasteiger partial charge on any atom is -0.668 e. The van der Waals surface area contributed by atoms with Crippen molar-refractivity contribution in [1.82, 2.24) is 10.3 Å². The molecule has 0 bridgehead atoms. The van der Waals surface area contributed by atoms with Crippen LogP contribution in [0, 0.1) is 12.7 Å². The Morgan fingerprint density at radius 1 is 0.978 bits per heavy atom. The Bertz CT molecular complexity index is 1610. The van der Waals surface area contributed by atoms with Gasteiger partial charge in [0.25, 0.3) is 0 Å². The van der Waals surface area contributed by atoms with Crippen molar-refractivity contribution >= 4 is 35.2 Å². The molecule has 0 fully saturated rings. The predicted octanol–water partition coefficient (Wildman–Crippen LogP) is 8.45. The molecule has 1 aromatic heterocycles. The number of allylic oxidation sites excluding steroid dienone is 2. The summed E-state index contributed by atoms with van der Waals surface area (Å²) in [5.74, 6) is 0.464. The average molecular weight is 718 g/mol. The van der Waals surface area contributed by atoms with Crippen LogP contribution < -0.4 is 14.8 Å². The zero-order valence-electron chi connectivity index (χ0n) is 27.0. The van der Waals surface area contributed by atoms with E-state index in [9.17, 15) is 13.7 Å². The van der Waals surface area contributed by atoms with Gasteiger partial charge in [0.05, 0.1) is 20.6 Å². The molecule has 0 atom stereocenters. The number of amides is 1. The minimum atomic E-state index is -0.354. The number of aromatic nitrogens is 1. The summed E-state index contributed by atoms with van der Waals surface area (Å²) >= 11 is 0.557. The third-order valence-electron chi connectivity index (χ3n) is 6.82. The molecular formula is C36H39FN3O4SY-. The van der Waals surface area contributed by atoms with Crippen molar-refractivity contribution in [3.63, 3.8) is 0 Å². The molecule has 4 aromatic rings. The molecule has 10 heteroatoms. The largest absolute Gasteiger partial charge is 0.668 e. The van der Waals surface area contributed by atoms with Gasteiger partial charge in [-0.2, -0.15) is 14.1 Å². The summed E-state index contributed by atoms with van der Waals surface area (Å²) < 4.78 is 34.7. The number of methoxy groups -OCH3 is 2. The van der Waals surface area contributed by atoms with Gasteiger partial charge in [0.2, 0.25) is 5.91 Å². The van der Waals surface area contributed by atoms with E-state index in [-0.39, 0.29) is 50.9 Å². The Morgan fingerprint density at radius 3 is 2.15 bits per heavy atom. The van der Waals surface area contributed by atoms with E-state index in [0.29, 0.717) is 40.5 Å². The van der Waals surface area contributed by atoms with Crippen molar-refractivity contribution in [2.24, 2.45) is 0 Å². The SMILES string of the molecule is COc1cc(/C=C2/C(C)=C(CC(=O)NCc3ccccc3)c3cc(F)ccc32)cc(OC)c1SO.C[N-]C.Cc1cccnc1.[Y]. The Labute approximate surface area is 300 Å². The molecule has 1 aliphatic carbocycles. The number of rotatable bonds is 8. The molecule has 239 valence electrons. The second-order valence-corrected chi connectivity index (χ2v) is 10.7. The zero-order valence-corrected chi connectivity index (χ0v) is 30.7. The molecule has 5 rings (SSSR count). The van der Waals surface area contributed by atoms with Crippen LogP contribution in [-0.2, 0) is 44.0 Å². The summed E-state index contributed by atoms with van der Waals surface area (Å²) in [6.07, 6.45) is 5.70. The quantitative estimate of drug-likeness (QED) is 0.178. The van der Waals surface area contributed by atoms with Gasteiger partial charge in [-0.15, -0.1) is 0 Å². The summed E-state index contributed by atoms with van der Waals surface area (Å²) in [6, 6.07) is 21.9. The van der Waals surface area contributed by atoms with Gasteiger partial charge in [0, 0.05) is 63.7 Å². The fourth-order valence-electron chi connectivity index (χ4n) is 4.69. The fourth-order valence-corrected chi connectivity index (χ4v) is 5.15. The summed E-state index contributed by atoms with van der Waals surface area (Å²) in [5, 5.41) is 6.45. The zero-order chi connectivity index (χ0) is 32.8. The number of fused-ring (bicyclic) bond motifs is 1. The molecule has 1 amide bonds. The molecule has 1 radical (unpaired) electrons. The van der Waals surface area contributed by atoms with Gasteiger partial charge in [-0.1, -0.05) is 42.5 Å². The van der Waals surface area contributed by atoms with Gasteiger partial charge in [0.15, 0.2) is 0 Å². The molecule has 0 saturated carbocycles. The average Bonchev–Trinajstić information content (AvgIpc) is 3.29. The van der Waals surface area contributed by atoms with Crippen molar-refractivity contribution in [2.45, 2.75) is 31.7 Å². The number of ether oxygens (including phenoxy) is 2. The van der Waals surface area contributed by atoms with Crippen molar-refractivity contribution in [2.75, 3.05) is 28.3 Å². The first-order valence-corrected chi connectivity index (χ1v) is 15.0. The number of aryl methyl sites for hydroxylation is 1. The van der Waals surface area contributed by atoms with E-state index in [4.69, 9.17) is 9.47 Å². The molecule has 1 heterocycles. The van der Waals surface area contributed by atoms with Crippen molar-refractivity contribution in [3.05, 3.63) is 130 Å². The summed E-state index contributed by atoms with van der Waals surface area (Å²) in [6.45, 7) is 4.39. The molecule has 46 heavy (non-hydrogen) atoms. The predicted molar refractivity (Wildman–Crippen MR) is 182 cm³/mol. The van der Waals surface area contributed by atoms with E-state index in [1.54, 1.807) is 38.5 Å². The Balaban J connectivity index is 0.000000577. The smallest absolute Gasteiger partial charge is 0.224 e. The van der Waals surface area contributed by atoms with Crippen LogP contribution in [-0.4, -0.2) is 43.8 Å². The van der Waals surface area contributed by atoms with E-state index in [1.165, 1.54) is 31.9 Å². The van der Waals surface area contributed by atoms with E-state index in [1.807, 2.05) is 68.6 Å². The molecule has 0 saturated heterocycles. The monoisotopic (exact) mass is 717 g/mol. The van der Waals surface area contributed by atoms with Crippen LogP contribution in [0.25, 0.3) is 22.5 Å². The number of benzene rings is 3. The molecular weight excluding hydrogens is 678 g/mol. The number of nitrogens with one attached hydrogen (secondary N) is 1. The molecule has 3 aromatic carbocycles. The first kappa shape index (κ1) is 38.8. The van der Waals surface area contributed by atoms with Gasteiger partial charge < -0.3 is 24.7 Å². The number of carbonyl (C=O) groups excluding carboxylic acids is 1. The van der Waals surface area contributed by atoms with Crippen molar-refractivity contribution in [3.8, 4) is 11.5 Å². The molecule has 0 aliphatic heterocycles. The molecule has 0 spiro atoms. The van der Waals surface area contributed by atoms with E-state index in [2.05, 4.69) is 15.6 Å². The third-order valence-corrected chi connectivity index (χ3v) is 7.40. The van der Waals surface area contributed by atoms with Crippen molar-refractivity contribution < 1.29 is 55.9 Å². The van der Waals surface area contributed by atoms with Crippen LogP contribution in [0.5, 0.6) is 11.5 Å². The normalized spacial score (nSPS) is 12.1. The summed E-state index contributed by atoms with van der Waals surface area (Å²) in [5.41, 5.74) is 7.16. The fraction of sp³-hybridized carbons (Fsp3) is 0.222. The van der Waals surface area contributed by atoms with Crippen LogP contribution in [0.1, 0.15) is 41.2 Å². The third kappa shape index (κ3) is 10.9. The summed E-state index contributed by atoms with van der Waals surface area (Å²) in [7, 11) is 6.55. The number of halogens is 1. The van der Waals surface area contributed by atoms with Gasteiger partial charge >= 0.3 is 0 Å². The first-order chi connectivity index (χ1) is 21.8. The Hall–Kier alpha value is -3.34. The van der Waals surface area contributed by atoms with Gasteiger partial charge in [-0.3, -0.25) is 9.78 Å². The van der Waals surface area contributed by atoms with E-state index >= 15 is 0 Å². The van der Waals surface area contributed by atoms with Crippen LogP contribution >= 0.6 is 12.0 Å². The standard InChI is InChI=1S/C28H26FNO4S.C6H7N.C2H6N.Y/c1-17-22(11-19-12-25(33-2)28(35-32)26(13-19)34-3)21-10-9-20(29)14-24(21)23(17)15-27(31)30-16-18-7-5-4-6-8-18;1-6-3-2-4-7-5-6;1-3-2;/h4-14,32H,15-16H2,1-3H3,(H,30,31);2-5H,1H3;1-2H3;/q;;-1;/b22-11-;;;. The number of nitrogens with zero attached hydrogens (tertiary/aromatic N) is 2. The second kappa shape index (κ2) is 20.0. The van der Waals surface area contributed by atoms with Gasteiger partial charge in [0.1, 0.15) is 22.2 Å². The first-order valence-electron chi connectivity index (χ1n) is 14.2. The maximum atomic E-state index is 14.2.